The molecule has 5 heteroatoms. The van der Waals surface area contributed by atoms with Gasteiger partial charge < -0.3 is 5.73 Å². The Morgan fingerprint density at radius 1 is 1.13 bits per heavy atom. The third-order valence-electron chi connectivity index (χ3n) is 2.78. The number of hydrogen-bond donors (Lipinski definition) is 3. The second-order valence-corrected chi connectivity index (χ2v) is 5.67. The Labute approximate surface area is 152 Å². The standard InChI is InChI=1S/C11H11BrS.C7H9N.H4N2/c1-2-5-9(8-13)10-6-3-4-7-11(10)12;1-6-3-2-4-7(8)5-6;1-2/h3-8H,2H2,1H3;2-5H,8H2,1H3;1-2H2/b9-5-;;. The number of nitrogens with two attached hydrogens (primary N) is 3. The van der Waals surface area contributed by atoms with E-state index in [4.69, 9.17) is 18.0 Å². The van der Waals surface area contributed by atoms with E-state index in [1.54, 1.807) is 5.37 Å². The number of rotatable bonds is 3. The van der Waals surface area contributed by atoms with E-state index in [1.807, 2.05) is 49.4 Å². The molecule has 0 atom stereocenters. The molecule has 3 nitrogen and oxygen atoms in total. The summed E-state index contributed by atoms with van der Waals surface area (Å²) in [4.78, 5) is 0. The Kier molecular flexibility index (Phi) is 12.1. The molecule has 2 rings (SSSR count). The number of hydrogen-bond acceptors (Lipinski definition) is 4. The first-order valence-corrected chi connectivity index (χ1v) is 8.40. The number of hydrazine groups is 1. The van der Waals surface area contributed by atoms with Gasteiger partial charge in [-0.2, -0.15) is 0 Å². The molecule has 0 fully saturated rings. The first-order chi connectivity index (χ1) is 11.1. The smallest absolute Gasteiger partial charge is 0.0316 e. The van der Waals surface area contributed by atoms with Gasteiger partial charge in [0.1, 0.15) is 0 Å². The van der Waals surface area contributed by atoms with Crippen molar-refractivity contribution in [1.29, 1.82) is 0 Å². The van der Waals surface area contributed by atoms with E-state index in [2.05, 4.69) is 46.7 Å². The van der Waals surface area contributed by atoms with Crippen molar-refractivity contribution in [3.63, 3.8) is 0 Å². The minimum atomic E-state index is 0.838. The summed E-state index contributed by atoms with van der Waals surface area (Å²) in [7, 11) is 0. The molecule has 0 heterocycles. The van der Waals surface area contributed by atoms with Crippen molar-refractivity contribution in [2.75, 3.05) is 5.73 Å². The van der Waals surface area contributed by atoms with Crippen molar-refractivity contribution in [3.05, 3.63) is 70.2 Å². The molecule has 0 unspecified atom stereocenters. The van der Waals surface area contributed by atoms with Crippen LogP contribution in [0.4, 0.5) is 5.69 Å². The average molecular weight is 394 g/mol. The number of thiocarbonyl (C=S) groups is 1. The number of halogens is 1. The Hall–Kier alpha value is -1.53. The molecule has 0 saturated carbocycles. The molecule has 0 radical (unpaired) electrons. The van der Waals surface area contributed by atoms with Gasteiger partial charge in [0.2, 0.25) is 0 Å². The monoisotopic (exact) mass is 393 g/mol. The first kappa shape index (κ1) is 21.5. The zero-order valence-corrected chi connectivity index (χ0v) is 15.9. The molecule has 0 saturated heterocycles. The molecule has 0 aromatic heterocycles. The minimum Gasteiger partial charge on any atom is -0.399 e. The van der Waals surface area contributed by atoms with Gasteiger partial charge in [-0.1, -0.05) is 71.5 Å². The highest BCUT2D eigenvalue weighted by Gasteiger charge is 2.00. The Morgan fingerprint density at radius 2 is 1.78 bits per heavy atom. The molecule has 0 bridgehead atoms. The molecular weight excluding hydrogens is 370 g/mol. The van der Waals surface area contributed by atoms with Crippen molar-refractivity contribution in [3.8, 4) is 0 Å². The maximum Gasteiger partial charge on any atom is 0.0316 e. The summed E-state index contributed by atoms with van der Waals surface area (Å²) in [5.41, 5.74) is 9.79. The van der Waals surface area contributed by atoms with Gasteiger partial charge in [0, 0.05) is 15.5 Å². The fourth-order valence-corrected chi connectivity index (χ4v) is 2.54. The summed E-state index contributed by atoms with van der Waals surface area (Å²) < 4.78 is 1.09. The molecule has 0 amide bonds. The van der Waals surface area contributed by atoms with Crippen LogP contribution in [0.3, 0.4) is 0 Å². The maximum atomic E-state index is 5.46. The number of anilines is 1. The predicted octanol–water partition coefficient (Wildman–Crippen LogP) is 4.64. The van der Waals surface area contributed by atoms with Crippen LogP contribution in [-0.2, 0) is 0 Å². The molecule has 0 aliphatic heterocycles. The SMILES string of the molecule is CC/C=C(/C=S)c1ccccc1Br.Cc1cccc(N)c1.NN. The van der Waals surface area contributed by atoms with Gasteiger partial charge in [-0.05, 0) is 48.2 Å². The van der Waals surface area contributed by atoms with Crippen molar-refractivity contribution in [2.45, 2.75) is 20.3 Å². The van der Waals surface area contributed by atoms with Crippen LogP contribution >= 0.6 is 28.1 Å². The molecule has 23 heavy (non-hydrogen) atoms. The summed E-state index contributed by atoms with van der Waals surface area (Å²) in [6.07, 6.45) is 3.14. The molecule has 0 aliphatic rings. The molecule has 6 N–H and O–H groups in total. The van der Waals surface area contributed by atoms with Gasteiger partial charge in [-0.15, -0.1) is 0 Å². The molecule has 0 spiro atoms. The lowest BCUT2D eigenvalue weighted by molar-refractivity contribution is 1.23. The molecule has 2 aromatic carbocycles. The topological polar surface area (TPSA) is 78.1 Å². The molecule has 0 aliphatic carbocycles. The third-order valence-corrected chi connectivity index (χ3v) is 3.72. The van der Waals surface area contributed by atoms with Crippen LogP contribution in [0.5, 0.6) is 0 Å². The van der Waals surface area contributed by atoms with Crippen LogP contribution < -0.4 is 17.4 Å². The Bertz CT molecular complexity index is 610. The van der Waals surface area contributed by atoms with Gasteiger partial charge in [0.25, 0.3) is 0 Å². The van der Waals surface area contributed by atoms with Crippen LogP contribution in [0, 0.1) is 6.92 Å². The molecule has 2 aromatic rings. The van der Waals surface area contributed by atoms with Crippen molar-refractivity contribution >= 4 is 44.8 Å². The van der Waals surface area contributed by atoms with E-state index in [-0.39, 0.29) is 0 Å². The van der Waals surface area contributed by atoms with E-state index in [9.17, 15) is 0 Å². The van der Waals surface area contributed by atoms with E-state index in [0.29, 0.717) is 0 Å². The Morgan fingerprint density at radius 3 is 2.22 bits per heavy atom. The highest BCUT2D eigenvalue weighted by Crippen LogP contribution is 2.23. The zero-order valence-electron chi connectivity index (χ0n) is 13.5. The van der Waals surface area contributed by atoms with Gasteiger partial charge in [0.15, 0.2) is 0 Å². The van der Waals surface area contributed by atoms with E-state index in [1.165, 1.54) is 11.1 Å². The average Bonchev–Trinajstić information content (AvgIpc) is 2.56. The highest BCUT2D eigenvalue weighted by molar-refractivity contribution is 9.10. The van der Waals surface area contributed by atoms with Gasteiger partial charge in [-0.25, -0.2) is 0 Å². The highest BCUT2D eigenvalue weighted by atomic mass is 79.9. The first-order valence-electron chi connectivity index (χ1n) is 7.14. The third kappa shape index (κ3) is 8.62. The lowest BCUT2D eigenvalue weighted by atomic mass is 10.1. The van der Waals surface area contributed by atoms with Crippen LogP contribution in [-0.4, -0.2) is 5.37 Å². The number of benzene rings is 2. The molecular formula is C18H24BrN3S. The van der Waals surface area contributed by atoms with E-state index >= 15 is 0 Å². The zero-order chi connectivity index (χ0) is 17.7. The van der Waals surface area contributed by atoms with Crippen LogP contribution in [0.2, 0.25) is 0 Å². The largest absolute Gasteiger partial charge is 0.399 e. The Balaban J connectivity index is 0.000000414. The summed E-state index contributed by atoms with van der Waals surface area (Å²) in [5.74, 6) is 8.00. The normalized spacial score (nSPS) is 9.87. The van der Waals surface area contributed by atoms with Crippen molar-refractivity contribution in [1.82, 2.24) is 0 Å². The van der Waals surface area contributed by atoms with Crippen molar-refractivity contribution in [2.24, 2.45) is 11.7 Å². The predicted molar refractivity (Wildman–Crippen MR) is 110 cm³/mol. The minimum absolute atomic E-state index is 0.838. The van der Waals surface area contributed by atoms with Crippen molar-refractivity contribution < 1.29 is 0 Å². The summed E-state index contributed by atoms with van der Waals surface area (Å²) in [5, 5.41) is 1.73. The van der Waals surface area contributed by atoms with Gasteiger partial charge in [-0.3, -0.25) is 11.7 Å². The fourth-order valence-electron chi connectivity index (χ4n) is 1.81. The fraction of sp³-hybridized carbons (Fsp3) is 0.167. The van der Waals surface area contributed by atoms with Gasteiger partial charge >= 0.3 is 0 Å². The quantitative estimate of drug-likeness (QED) is 0.233. The van der Waals surface area contributed by atoms with Crippen LogP contribution in [0.1, 0.15) is 24.5 Å². The van der Waals surface area contributed by atoms with Crippen LogP contribution in [0.15, 0.2) is 59.1 Å². The van der Waals surface area contributed by atoms with Gasteiger partial charge in [0.05, 0.1) is 0 Å². The lowest BCUT2D eigenvalue weighted by Crippen LogP contribution is -2.02. The second kappa shape index (κ2) is 13.0. The van der Waals surface area contributed by atoms with Crippen LogP contribution in [0.25, 0.3) is 5.57 Å². The lowest BCUT2D eigenvalue weighted by Gasteiger charge is -2.03. The number of allylic oxidation sites excluding steroid dienone is 2. The second-order valence-electron chi connectivity index (χ2n) is 4.58. The summed E-state index contributed by atoms with van der Waals surface area (Å²) >= 11 is 8.47. The summed E-state index contributed by atoms with van der Waals surface area (Å²) in [6, 6.07) is 15.9. The summed E-state index contributed by atoms with van der Waals surface area (Å²) in [6.45, 7) is 4.13. The number of aryl methyl sites for hydroxylation is 1. The van der Waals surface area contributed by atoms with E-state index in [0.717, 1.165) is 22.2 Å². The van der Waals surface area contributed by atoms with E-state index < -0.39 is 0 Å². The maximum absolute atomic E-state index is 5.46. The molecule has 124 valence electrons. The number of nitrogen functional groups attached to an aromatic ring is 1.